The number of hydrogen-bond acceptors (Lipinski definition) is 3. The van der Waals surface area contributed by atoms with Crippen molar-refractivity contribution >= 4 is 17.2 Å². The molecule has 1 radical (unpaired) electrons. The number of likely N-dealkylation sites (tertiary alicyclic amines) is 1. The van der Waals surface area contributed by atoms with E-state index in [4.69, 9.17) is 0 Å². The van der Waals surface area contributed by atoms with Crippen LogP contribution in [0.1, 0.15) is 23.3 Å². The lowest BCUT2D eigenvalue weighted by molar-refractivity contribution is 0.0788. The molecule has 1 amide bonds. The van der Waals surface area contributed by atoms with Crippen LogP contribution in [-0.4, -0.2) is 28.9 Å². The van der Waals surface area contributed by atoms with Gasteiger partial charge < -0.3 is 4.90 Å². The van der Waals surface area contributed by atoms with Crippen molar-refractivity contribution in [2.24, 2.45) is 0 Å². The summed E-state index contributed by atoms with van der Waals surface area (Å²) >= 11 is 1.34. The van der Waals surface area contributed by atoms with E-state index in [-0.39, 0.29) is 5.91 Å². The van der Waals surface area contributed by atoms with Gasteiger partial charge in [-0.05, 0) is 12.8 Å². The van der Waals surface area contributed by atoms with Gasteiger partial charge in [-0.3, -0.25) is 4.79 Å². The lowest BCUT2D eigenvalue weighted by Crippen LogP contribution is -2.27. The molecule has 3 nitrogen and oxygen atoms in total. The van der Waals surface area contributed by atoms with Crippen molar-refractivity contribution in [3.63, 3.8) is 0 Å². The minimum atomic E-state index is 0.0602. The zero-order valence-corrected chi connectivity index (χ0v) is 7.43. The Balaban J connectivity index is 2.09. The highest BCUT2D eigenvalue weighted by molar-refractivity contribution is 7.07. The summed E-state index contributed by atoms with van der Waals surface area (Å²) in [5, 5.41) is 1.75. The van der Waals surface area contributed by atoms with Crippen LogP contribution in [0.5, 0.6) is 0 Å². The first-order valence-electron chi connectivity index (χ1n) is 3.99. The van der Waals surface area contributed by atoms with Gasteiger partial charge in [-0.15, -0.1) is 11.3 Å². The van der Waals surface area contributed by atoms with Crippen LogP contribution in [0.15, 0.2) is 5.38 Å². The topological polar surface area (TPSA) is 33.2 Å². The zero-order chi connectivity index (χ0) is 8.39. The highest BCUT2D eigenvalue weighted by atomic mass is 32.1. The Bertz CT molecular complexity index is 265. The summed E-state index contributed by atoms with van der Waals surface area (Å²) in [5.41, 5.74) is 3.22. The molecule has 1 fully saturated rings. The first-order valence-corrected chi connectivity index (χ1v) is 4.87. The largest absolute Gasteiger partial charge is 0.337 e. The van der Waals surface area contributed by atoms with Gasteiger partial charge in [-0.25, -0.2) is 4.98 Å². The van der Waals surface area contributed by atoms with E-state index in [9.17, 15) is 4.79 Å². The van der Waals surface area contributed by atoms with E-state index in [1.807, 2.05) is 4.90 Å². The number of rotatable bonds is 1. The second-order valence-corrected chi connectivity index (χ2v) is 3.48. The number of thiazole rings is 1. The minimum Gasteiger partial charge on any atom is -0.337 e. The van der Waals surface area contributed by atoms with Gasteiger partial charge >= 0.3 is 0 Å². The second kappa shape index (κ2) is 3.23. The van der Waals surface area contributed by atoms with Gasteiger partial charge in [0.05, 0.1) is 0 Å². The summed E-state index contributed by atoms with van der Waals surface area (Å²) in [6.07, 6.45) is 2.25. The molecule has 1 aliphatic heterocycles. The lowest BCUT2D eigenvalue weighted by Gasteiger charge is -2.12. The fourth-order valence-electron chi connectivity index (χ4n) is 1.36. The Morgan fingerprint density at radius 1 is 1.58 bits per heavy atom. The third-order valence-electron chi connectivity index (χ3n) is 2.00. The average Bonchev–Trinajstić information content (AvgIpc) is 2.77. The molecule has 0 saturated carbocycles. The van der Waals surface area contributed by atoms with Crippen LogP contribution in [0.4, 0.5) is 0 Å². The Hall–Kier alpha value is -0.900. The van der Waals surface area contributed by atoms with Gasteiger partial charge in [-0.1, -0.05) is 0 Å². The zero-order valence-electron chi connectivity index (χ0n) is 6.62. The number of carbonyl (C=O) groups is 1. The smallest absolute Gasteiger partial charge is 0.273 e. The fourth-order valence-corrected chi connectivity index (χ4v) is 1.83. The molecule has 0 aliphatic carbocycles. The quantitative estimate of drug-likeness (QED) is 0.651. The second-order valence-electron chi connectivity index (χ2n) is 2.82. The molecule has 4 heteroatoms. The van der Waals surface area contributed by atoms with Crippen LogP contribution < -0.4 is 0 Å². The van der Waals surface area contributed by atoms with E-state index in [0.717, 1.165) is 25.9 Å². The van der Waals surface area contributed by atoms with E-state index >= 15 is 0 Å². The number of amides is 1. The summed E-state index contributed by atoms with van der Waals surface area (Å²) in [7, 11) is 0. The Morgan fingerprint density at radius 3 is 2.92 bits per heavy atom. The SMILES string of the molecule is O=C(c1cs[c]n1)N1CCCC1. The molecule has 0 atom stereocenters. The minimum absolute atomic E-state index is 0.0602. The molecule has 63 valence electrons. The van der Waals surface area contributed by atoms with E-state index < -0.39 is 0 Å². The molecule has 0 unspecified atom stereocenters. The average molecular weight is 181 g/mol. The summed E-state index contributed by atoms with van der Waals surface area (Å²) < 4.78 is 0. The fraction of sp³-hybridized carbons (Fsp3) is 0.500. The van der Waals surface area contributed by atoms with Crippen molar-refractivity contribution in [2.45, 2.75) is 12.8 Å². The van der Waals surface area contributed by atoms with E-state index in [1.54, 1.807) is 5.38 Å². The molecular weight excluding hydrogens is 172 g/mol. The van der Waals surface area contributed by atoms with Crippen LogP contribution in [0.2, 0.25) is 0 Å². The Labute approximate surface area is 75.0 Å². The Kier molecular flexibility index (Phi) is 2.08. The van der Waals surface area contributed by atoms with Crippen LogP contribution in [0.25, 0.3) is 0 Å². The van der Waals surface area contributed by atoms with Crippen molar-refractivity contribution in [1.29, 1.82) is 0 Å². The first kappa shape index (κ1) is 7.73. The van der Waals surface area contributed by atoms with Gasteiger partial charge in [0.15, 0.2) is 5.51 Å². The summed E-state index contributed by atoms with van der Waals surface area (Å²) in [6, 6.07) is 0. The van der Waals surface area contributed by atoms with Crippen molar-refractivity contribution in [1.82, 2.24) is 9.88 Å². The summed E-state index contributed by atoms with van der Waals surface area (Å²) in [6.45, 7) is 1.77. The molecule has 2 rings (SSSR count). The molecule has 0 spiro atoms. The molecule has 0 aromatic carbocycles. The van der Waals surface area contributed by atoms with Gasteiger partial charge in [0, 0.05) is 18.5 Å². The Morgan fingerprint density at radius 2 is 2.33 bits per heavy atom. The maximum Gasteiger partial charge on any atom is 0.273 e. The predicted octanol–water partition coefficient (Wildman–Crippen LogP) is 1.18. The maximum absolute atomic E-state index is 11.6. The van der Waals surface area contributed by atoms with Gasteiger partial charge in [0.1, 0.15) is 5.69 Å². The van der Waals surface area contributed by atoms with Gasteiger partial charge in [-0.2, -0.15) is 0 Å². The van der Waals surface area contributed by atoms with E-state index in [0.29, 0.717) is 5.69 Å². The van der Waals surface area contributed by atoms with Gasteiger partial charge in [0.2, 0.25) is 0 Å². The summed E-state index contributed by atoms with van der Waals surface area (Å²) in [5.74, 6) is 0.0602. The van der Waals surface area contributed by atoms with Crippen LogP contribution in [0.3, 0.4) is 0 Å². The molecular formula is C8H9N2OS. The van der Waals surface area contributed by atoms with Crippen molar-refractivity contribution in [2.75, 3.05) is 13.1 Å². The highest BCUT2D eigenvalue weighted by Crippen LogP contribution is 2.12. The van der Waals surface area contributed by atoms with Crippen LogP contribution in [-0.2, 0) is 0 Å². The third kappa shape index (κ3) is 1.34. The van der Waals surface area contributed by atoms with Crippen molar-refractivity contribution < 1.29 is 4.79 Å². The number of aromatic nitrogens is 1. The van der Waals surface area contributed by atoms with Crippen molar-refractivity contribution in [3.8, 4) is 0 Å². The molecule has 1 saturated heterocycles. The number of hydrogen-bond donors (Lipinski definition) is 0. The van der Waals surface area contributed by atoms with E-state index in [1.165, 1.54) is 11.3 Å². The monoisotopic (exact) mass is 181 g/mol. The highest BCUT2D eigenvalue weighted by Gasteiger charge is 2.20. The number of nitrogens with zero attached hydrogens (tertiary/aromatic N) is 2. The normalized spacial score (nSPS) is 16.8. The third-order valence-corrected chi connectivity index (χ3v) is 2.54. The standard InChI is InChI=1S/C8H9N2OS/c11-8(7-5-12-6-9-7)10-3-1-2-4-10/h5H,1-4H2. The summed E-state index contributed by atoms with van der Waals surface area (Å²) in [4.78, 5) is 17.3. The molecule has 12 heavy (non-hydrogen) atoms. The number of carbonyl (C=O) groups excluding carboxylic acids is 1. The lowest BCUT2D eigenvalue weighted by atomic mass is 10.4. The molecule has 2 heterocycles. The predicted molar refractivity (Wildman–Crippen MR) is 46.1 cm³/mol. The van der Waals surface area contributed by atoms with E-state index in [2.05, 4.69) is 10.5 Å². The molecule has 1 aromatic heterocycles. The first-order chi connectivity index (χ1) is 5.88. The molecule has 1 aromatic rings. The maximum atomic E-state index is 11.6. The van der Waals surface area contributed by atoms with Crippen molar-refractivity contribution in [3.05, 3.63) is 16.6 Å². The molecule has 0 N–H and O–H groups in total. The van der Waals surface area contributed by atoms with Crippen LogP contribution in [0, 0.1) is 5.51 Å². The van der Waals surface area contributed by atoms with Crippen LogP contribution >= 0.6 is 11.3 Å². The molecule has 0 bridgehead atoms. The van der Waals surface area contributed by atoms with Gasteiger partial charge in [0.25, 0.3) is 5.91 Å². The molecule has 1 aliphatic rings.